The second-order valence-electron chi connectivity index (χ2n) is 7.50. The van der Waals surface area contributed by atoms with Crippen molar-refractivity contribution in [3.8, 4) is 0 Å². The van der Waals surface area contributed by atoms with Gasteiger partial charge in [-0.3, -0.25) is 19.0 Å². The second kappa shape index (κ2) is 8.89. The maximum atomic E-state index is 12.9. The van der Waals surface area contributed by atoms with Crippen LogP contribution in [0.2, 0.25) is 0 Å². The van der Waals surface area contributed by atoms with Gasteiger partial charge in [0.1, 0.15) is 5.82 Å². The predicted molar refractivity (Wildman–Crippen MR) is 123 cm³/mol. The first-order chi connectivity index (χ1) is 15.4. The SMILES string of the molecule is Cc1nn(Cc2ccccc2)c(C)c1NC(=O)c1cc(NC(=O)c2ccccc2)n(C)n1. The normalized spacial score (nSPS) is 10.7. The fourth-order valence-corrected chi connectivity index (χ4v) is 3.44. The van der Waals surface area contributed by atoms with Crippen molar-refractivity contribution in [3.63, 3.8) is 0 Å². The standard InChI is InChI=1S/C24H24N6O2/c1-16-22(17(2)30(27-16)15-18-10-6-4-7-11-18)26-24(32)20-14-21(29(3)28-20)25-23(31)19-12-8-5-9-13-19/h4-14H,15H2,1-3H3,(H,25,31)(H,26,32). The fraction of sp³-hybridized carbons (Fsp3) is 0.167. The van der Waals surface area contributed by atoms with Gasteiger partial charge in [0.15, 0.2) is 5.69 Å². The first-order valence-corrected chi connectivity index (χ1v) is 10.2. The van der Waals surface area contributed by atoms with E-state index in [0.29, 0.717) is 23.6 Å². The molecule has 0 bridgehead atoms. The molecule has 2 amide bonds. The summed E-state index contributed by atoms with van der Waals surface area (Å²) in [6.07, 6.45) is 0. The van der Waals surface area contributed by atoms with Gasteiger partial charge in [0, 0.05) is 18.7 Å². The summed E-state index contributed by atoms with van der Waals surface area (Å²) in [5.74, 6) is -0.210. The van der Waals surface area contributed by atoms with Gasteiger partial charge in [0.2, 0.25) is 0 Å². The molecule has 0 spiro atoms. The van der Waals surface area contributed by atoms with Crippen LogP contribution in [0.25, 0.3) is 0 Å². The number of benzene rings is 2. The maximum Gasteiger partial charge on any atom is 0.276 e. The zero-order valence-electron chi connectivity index (χ0n) is 18.2. The number of aromatic nitrogens is 4. The van der Waals surface area contributed by atoms with Crippen LogP contribution in [0.1, 0.15) is 37.8 Å². The molecule has 0 aliphatic rings. The van der Waals surface area contributed by atoms with Crippen molar-refractivity contribution in [2.75, 3.05) is 10.6 Å². The van der Waals surface area contributed by atoms with Crippen LogP contribution < -0.4 is 10.6 Å². The molecule has 162 valence electrons. The molecule has 0 radical (unpaired) electrons. The van der Waals surface area contributed by atoms with Crippen molar-refractivity contribution in [2.24, 2.45) is 7.05 Å². The van der Waals surface area contributed by atoms with Crippen molar-refractivity contribution in [2.45, 2.75) is 20.4 Å². The number of hydrogen-bond donors (Lipinski definition) is 2. The molecule has 2 aromatic carbocycles. The van der Waals surface area contributed by atoms with Crippen LogP contribution in [0.3, 0.4) is 0 Å². The molecular formula is C24H24N6O2. The number of rotatable bonds is 6. The number of nitrogens with zero attached hydrogens (tertiary/aromatic N) is 4. The van der Waals surface area contributed by atoms with Gasteiger partial charge < -0.3 is 10.6 Å². The van der Waals surface area contributed by atoms with Crippen LogP contribution in [-0.2, 0) is 13.6 Å². The Labute approximate surface area is 185 Å². The molecule has 2 heterocycles. The van der Waals surface area contributed by atoms with E-state index in [1.807, 2.05) is 54.9 Å². The average molecular weight is 428 g/mol. The molecule has 0 saturated heterocycles. The number of carbonyl (C=O) groups is 2. The van der Waals surface area contributed by atoms with Gasteiger partial charge in [0.25, 0.3) is 11.8 Å². The van der Waals surface area contributed by atoms with Gasteiger partial charge >= 0.3 is 0 Å². The van der Waals surface area contributed by atoms with E-state index in [1.165, 1.54) is 4.68 Å². The summed E-state index contributed by atoms with van der Waals surface area (Å²) in [6.45, 7) is 4.39. The minimum Gasteiger partial charge on any atom is -0.317 e. The fourth-order valence-electron chi connectivity index (χ4n) is 3.44. The lowest BCUT2D eigenvalue weighted by molar-refractivity contribution is 0.101. The van der Waals surface area contributed by atoms with E-state index in [0.717, 1.165) is 17.0 Å². The maximum absolute atomic E-state index is 12.9. The summed E-state index contributed by atoms with van der Waals surface area (Å²) < 4.78 is 3.33. The molecule has 2 N–H and O–H groups in total. The molecule has 4 aromatic rings. The number of amides is 2. The van der Waals surface area contributed by atoms with Crippen molar-refractivity contribution in [1.29, 1.82) is 0 Å². The van der Waals surface area contributed by atoms with E-state index in [4.69, 9.17) is 0 Å². The van der Waals surface area contributed by atoms with E-state index < -0.39 is 0 Å². The Morgan fingerprint density at radius 1 is 0.875 bits per heavy atom. The highest BCUT2D eigenvalue weighted by atomic mass is 16.2. The molecule has 2 aromatic heterocycles. The Bertz CT molecular complexity index is 1260. The van der Waals surface area contributed by atoms with Gasteiger partial charge in [-0.05, 0) is 31.5 Å². The van der Waals surface area contributed by atoms with Crippen LogP contribution >= 0.6 is 0 Å². The summed E-state index contributed by atoms with van der Waals surface area (Å²) in [4.78, 5) is 25.3. The van der Waals surface area contributed by atoms with Gasteiger partial charge in [-0.25, -0.2) is 0 Å². The number of carbonyl (C=O) groups excluding carboxylic acids is 2. The Morgan fingerprint density at radius 3 is 2.22 bits per heavy atom. The summed E-state index contributed by atoms with van der Waals surface area (Å²) in [7, 11) is 1.67. The Kier molecular flexibility index (Phi) is 5.85. The van der Waals surface area contributed by atoms with Crippen LogP contribution in [0.4, 0.5) is 11.5 Å². The van der Waals surface area contributed by atoms with Crippen molar-refractivity contribution in [3.05, 3.63) is 94.9 Å². The van der Waals surface area contributed by atoms with Crippen LogP contribution in [-0.4, -0.2) is 31.4 Å². The highest BCUT2D eigenvalue weighted by molar-refractivity contribution is 6.06. The number of nitrogens with one attached hydrogen (secondary N) is 2. The molecule has 0 saturated carbocycles. The van der Waals surface area contributed by atoms with E-state index in [1.54, 1.807) is 37.4 Å². The third-order valence-corrected chi connectivity index (χ3v) is 5.19. The first-order valence-electron chi connectivity index (χ1n) is 10.2. The molecule has 8 heteroatoms. The lowest BCUT2D eigenvalue weighted by Gasteiger charge is -2.06. The molecule has 32 heavy (non-hydrogen) atoms. The topological polar surface area (TPSA) is 93.8 Å². The quantitative estimate of drug-likeness (QED) is 0.489. The molecule has 4 rings (SSSR count). The molecule has 0 unspecified atom stereocenters. The Hall–Kier alpha value is -4.20. The largest absolute Gasteiger partial charge is 0.317 e. The van der Waals surface area contributed by atoms with Gasteiger partial charge in [0.05, 0.1) is 23.6 Å². The summed E-state index contributed by atoms with van der Waals surface area (Å²) >= 11 is 0. The monoisotopic (exact) mass is 428 g/mol. The zero-order valence-corrected chi connectivity index (χ0v) is 18.2. The molecule has 0 atom stereocenters. The highest BCUT2D eigenvalue weighted by Crippen LogP contribution is 2.22. The minimum absolute atomic E-state index is 0.200. The van der Waals surface area contributed by atoms with E-state index in [2.05, 4.69) is 20.8 Å². The molecule has 0 aliphatic heterocycles. The lowest BCUT2D eigenvalue weighted by Crippen LogP contribution is -2.14. The van der Waals surface area contributed by atoms with Gasteiger partial charge in [-0.15, -0.1) is 0 Å². The van der Waals surface area contributed by atoms with Gasteiger partial charge in [-0.1, -0.05) is 48.5 Å². The molecular weight excluding hydrogens is 404 g/mol. The Morgan fingerprint density at radius 2 is 1.53 bits per heavy atom. The summed E-state index contributed by atoms with van der Waals surface area (Å²) in [5.41, 5.74) is 4.08. The zero-order chi connectivity index (χ0) is 22.7. The van der Waals surface area contributed by atoms with Crippen molar-refractivity contribution >= 4 is 23.3 Å². The predicted octanol–water partition coefficient (Wildman–Crippen LogP) is 3.79. The Balaban J connectivity index is 1.49. The third-order valence-electron chi connectivity index (χ3n) is 5.19. The highest BCUT2D eigenvalue weighted by Gasteiger charge is 2.19. The van der Waals surface area contributed by atoms with Gasteiger partial charge in [-0.2, -0.15) is 10.2 Å². The van der Waals surface area contributed by atoms with Crippen LogP contribution in [0.15, 0.2) is 66.7 Å². The molecule has 8 nitrogen and oxygen atoms in total. The van der Waals surface area contributed by atoms with Crippen LogP contribution in [0, 0.1) is 13.8 Å². The average Bonchev–Trinajstić information content (AvgIpc) is 3.29. The number of hydrogen-bond acceptors (Lipinski definition) is 4. The molecule has 0 aliphatic carbocycles. The third kappa shape index (κ3) is 4.44. The smallest absolute Gasteiger partial charge is 0.276 e. The minimum atomic E-state index is -0.369. The lowest BCUT2D eigenvalue weighted by atomic mass is 10.2. The van der Waals surface area contributed by atoms with Crippen molar-refractivity contribution < 1.29 is 9.59 Å². The van der Waals surface area contributed by atoms with E-state index in [-0.39, 0.29) is 17.5 Å². The summed E-state index contributed by atoms with van der Waals surface area (Å²) in [6, 6.07) is 20.4. The van der Waals surface area contributed by atoms with E-state index >= 15 is 0 Å². The van der Waals surface area contributed by atoms with E-state index in [9.17, 15) is 9.59 Å². The van der Waals surface area contributed by atoms with Crippen LogP contribution in [0.5, 0.6) is 0 Å². The number of anilines is 2. The van der Waals surface area contributed by atoms with Crippen molar-refractivity contribution in [1.82, 2.24) is 19.6 Å². The summed E-state index contributed by atoms with van der Waals surface area (Å²) in [5, 5.41) is 14.5. The second-order valence-corrected chi connectivity index (χ2v) is 7.50. The molecule has 0 fully saturated rings. The number of aryl methyl sites for hydroxylation is 2. The first kappa shape index (κ1) is 21.0.